The van der Waals surface area contributed by atoms with Crippen molar-refractivity contribution in [2.24, 2.45) is 0 Å². The van der Waals surface area contributed by atoms with Gasteiger partial charge in [-0.05, 0) is 0 Å². The van der Waals surface area contributed by atoms with Crippen LogP contribution in [-0.4, -0.2) is 0 Å². The summed E-state index contributed by atoms with van der Waals surface area (Å²) in [5.74, 6) is 0. The summed E-state index contributed by atoms with van der Waals surface area (Å²) in [5.41, 5.74) is 0. The van der Waals surface area contributed by atoms with E-state index >= 15 is 0 Å². The summed E-state index contributed by atoms with van der Waals surface area (Å²) in [4.78, 5) is 0. The van der Waals surface area contributed by atoms with E-state index in [0.29, 0.717) is 4.13 Å². The van der Waals surface area contributed by atoms with Gasteiger partial charge in [-0.3, -0.25) is 0 Å². The molecular weight excluding hydrogens is 234 g/mol. The van der Waals surface area contributed by atoms with Gasteiger partial charge in [0.15, 0.2) is 0 Å². The van der Waals surface area contributed by atoms with Crippen LogP contribution in [0.4, 0.5) is 0 Å². The van der Waals surface area contributed by atoms with E-state index in [9.17, 15) is 0 Å². The third kappa shape index (κ3) is 7.49. The average molecular weight is 239 g/mol. The molecule has 0 saturated carbocycles. The van der Waals surface area contributed by atoms with Crippen molar-refractivity contribution in [3.63, 3.8) is 0 Å². The van der Waals surface area contributed by atoms with Crippen molar-refractivity contribution in [2.45, 2.75) is 4.13 Å². The maximum absolute atomic E-state index is 5.50. The zero-order valence-electron chi connectivity index (χ0n) is 3.63. The third-order valence-electron chi connectivity index (χ3n) is 0.376. The van der Waals surface area contributed by atoms with Gasteiger partial charge in [0.1, 0.15) is 0 Å². The second-order valence-electron chi connectivity index (χ2n) is 1.11. The second-order valence-corrected chi connectivity index (χ2v) is 20.0. The Morgan fingerprint density at radius 1 is 1.43 bits per heavy atom. The summed E-state index contributed by atoms with van der Waals surface area (Å²) >= 11 is -2.98. The minimum absolute atomic E-state index is 0.610. The molecule has 0 aromatic heterocycles. The van der Waals surface area contributed by atoms with Crippen LogP contribution in [0.25, 0.3) is 0 Å². The van der Waals surface area contributed by atoms with Gasteiger partial charge in [-0.2, -0.15) is 0 Å². The van der Waals surface area contributed by atoms with Crippen LogP contribution in [0.1, 0.15) is 0 Å². The number of rotatable bonds is 2. The number of hydrogen-bond acceptors (Lipinski definition) is 0. The standard InChI is InChI=1S/C3H5.3ClH.Zr/c1-3-2;;;;/h3H,1-2H2;3*1H;/q;;;;+3/p-3. The Hall–Kier alpha value is 1.49. The number of halogens is 3. The minimum atomic E-state index is -2.98. The molecule has 7 heavy (non-hydrogen) atoms. The molecule has 0 spiro atoms. The van der Waals surface area contributed by atoms with Gasteiger partial charge in [-0.15, -0.1) is 0 Å². The summed E-state index contributed by atoms with van der Waals surface area (Å²) in [7, 11) is 16.5. The molecule has 0 aliphatic heterocycles. The molecule has 0 unspecified atom stereocenters. The molecule has 0 N–H and O–H groups in total. The van der Waals surface area contributed by atoms with Gasteiger partial charge in [0.2, 0.25) is 0 Å². The van der Waals surface area contributed by atoms with Crippen molar-refractivity contribution in [1.82, 2.24) is 0 Å². The first kappa shape index (κ1) is 8.49. The zero-order valence-corrected chi connectivity index (χ0v) is 8.35. The molecule has 0 aliphatic rings. The third-order valence-corrected chi connectivity index (χ3v) is 4.96. The van der Waals surface area contributed by atoms with E-state index in [1.54, 1.807) is 6.08 Å². The molecule has 42 valence electrons. The van der Waals surface area contributed by atoms with Crippen LogP contribution in [-0.2, 0) is 16.7 Å². The molecule has 0 bridgehead atoms. The van der Waals surface area contributed by atoms with E-state index in [1.807, 2.05) is 0 Å². The van der Waals surface area contributed by atoms with E-state index in [2.05, 4.69) is 6.58 Å². The van der Waals surface area contributed by atoms with Gasteiger partial charge in [0.25, 0.3) is 0 Å². The van der Waals surface area contributed by atoms with Crippen molar-refractivity contribution in [3.8, 4) is 0 Å². The molecule has 0 aromatic rings. The molecule has 0 aromatic carbocycles. The average Bonchev–Trinajstić information content (AvgIpc) is 1.30. The van der Waals surface area contributed by atoms with E-state index in [-0.39, 0.29) is 0 Å². The van der Waals surface area contributed by atoms with E-state index in [1.165, 1.54) is 0 Å². The summed E-state index contributed by atoms with van der Waals surface area (Å²) in [6, 6.07) is 0. The van der Waals surface area contributed by atoms with Gasteiger partial charge in [0, 0.05) is 0 Å². The topological polar surface area (TPSA) is 0 Å². The van der Waals surface area contributed by atoms with Crippen molar-refractivity contribution < 1.29 is 16.7 Å². The van der Waals surface area contributed by atoms with Crippen LogP contribution in [0.2, 0.25) is 4.13 Å². The van der Waals surface area contributed by atoms with Gasteiger partial charge < -0.3 is 0 Å². The molecule has 0 rings (SSSR count). The first-order chi connectivity index (χ1) is 3.06. The molecule has 0 fully saturated rings. The van der Waals surface area contributed by atoms with Crippen molar-refractivity contribution in [1.29, 1.82) is 0 Å². The monoisotopic (exact) mass is 236 g/mol. The predicted octanol–water partition coefficient (Wildman–Crippen LogP) is 3.21. The zero-order chi connectivity index (χ0) is 5.91. The Morgan fingerprint density at radius 3 is 1.86 bits per heavy atom. The summed E-state index contributed by atoms with van der Waals surface area (Å²) in [6.07, 6.45) is 1.66. The second kappa shape index (κ2) is 3.51. The first-order valence-electron chi connectivity index (χ1n) is 1.74. The van der Waals surface area contributed by atoms with Crippen LogP contribution in [0.15, 0.2) is 12.7 Å². The van der Waals surface area contributed by atoms with Gasteiger partial charge in [-0.1, -0.05) is 0 Å². The van der Waals surface area contributed by atoms with Crippen molar-refractivity contribution >= 4 is 25.5 Å². The number of hydrogen-bond donors (Lipinski definition) is 0. The fraction of sp³-hybridized carbons (Fsp3) is 0.333. The summed E-state index contributed by atoms with van der Waals surface area (Å²) in [5, 5.41) is 0. The SMILES string of the molecule is C=C[CH2][Zr]([Cl])([Cl])[Cl]. The Balaban J connectivity index is 3.34. The molecule has 0 nitrogen and oxygen atoms in total. The maximum atomic E-state index is 5.50. The number of allylic oxidation sites excluding steroid dienone is 1. The predicted molar refractivity (Wildman–Crippen MR) is 32.6 cm³/mol. The molecular formula is C3H5Cl3Zr. The molecule has 0 amide bonds. The summed E-state index contributed by atoms with van der Waals surface area (Å²) < 4.78 is 0.610. The van der Waals surface area contributed by atoms with Crippen LogP contribution < -0.4 is 0 Å². The molecule has 0 heterocycles. The van der Waals surface area contributed by atoms with Gasteiger partial charge >= 0.3 is 59.0 Å². The molecule has 4 heteroatoms. The van der Waals surface area contributed by atoms with Gasteiger partial charge in [-0.25, -0.2) is 0 Å². The van der Waals surface area contributed by atoms with Crippen LogP contribution >= 0.6 is 25.5 Å². The van der Waals surface area contributed by atoms with Crippen LogP contribution in [0.3, 0.4) is 0 Å². The van der Waals surface area contributed by atoms with E-state index in [4.69, 9.17) is 25.5 Å². The van der Waals surface area contributed by atoms with Crippen molar-refractivity contribution in [3.05, 3.63) is 12.7 Å². The summed E-state index contributed by atoms with van der Waals surface area (Å²) in [6.45, 7) is 3.45. The molecule has 0 atom stereocenters. The van der Waals surface area contributed by atoms with Crippen LogP contribution in [0.5, 0.6) is 0 Å². The fourth-order valence-corrected chi connectivity index (χ4v) is 2.90. The van der Waals surface area contributed by atoms with E-state index < -0.39 is 16.7 Å². The molecule has 0 aliphatic carbocycles. The Kier molecular flexibility index (Phi) is 4.25. The fourth-order valence-electron chi connectivity index (χ4n) is 0.164. The molecule has 0 radical (unpaired) electrons. The Morgan fingerprint density at radius 2 is 1.86 bits per heavy atom. The van der Waals surface area contributed by atoms with Crippen LogP contribution in [0, 0.1) is 0 Å². The molecule has 0 saturated heterocycles. The Labute approximate surface area is 58.5 Å². The van der Waals surface area contributed by atoms with Crippen molar-refractivity contribution in [2.75, 3.05) is 0 Å². The first-order valence-corrected chi connectivity index (χ1v) is 13.0. The normalized spacial score (nSPS) is 11.3. The quantitative estimate of drug-likeness (QED) is 0.648. The van der Waals surface area contributed by atoms with Gasteiger partial charge in [0.05, 0.1) is 0 Å². The Bertz CT molecular complexity index is 65.1. The van der Waals surface area contributed by atoms with E-state index in [0.717, 1.165) is 0 Å².